The summed E-state index contributed by atoms with van der Waals surface area (Å²) in [6.45, 7) is 7.88. The van der Waals surface area contributed by atoms with E-state index >= 15 is 0 Å². The minimum absolute atomic E-state index is 0.153. The van der Waals surface area contributed by atoms with Crippen molar-refractivity contribution in [1.29, 1.82) is 0 Å². The number of fused-ring (bicyclic) bond motifs is 1. The normalized spacial score (nSPS) is 20.7. The molecule has 11 heteroatoms. The molecule has 1 atom stereocenters. The summed E-state index contributed by atoms with van der Waals surface area (Å²) in [5.41, 5.74) is 1.35. The quantitative estimate of drug-likeness (QED) is 0.548. The van der Waals surface area contributed by atoms with E-state index in [2.05, 4.69) is 20.5 Å². The van der Waals surface area contributed by atoms with Gasteiger partial charge in [0.25, 0.3) is 0 Å². The first kappa shape index (κ1) is 23.1. The van der Waals surface area contributed by atoms with Gasteiger partial charge in [0.2, 0.25) is 15.9 Å². The number of carbonyl (C=O) groups excluding carboxylic acids is 1. The van der Waals surface area contributed by atoms with Crippen LogP contribution in [0.4, 0.5) is 0 Å². The Labute approximate surface area is 188 Å². The van der Waals surface area contributed by atoms with Crippen molar-refractivity contribution in [3.63, 3.8) is 0 Å². The molecule has 32 heavy (non-hydrogen) atoms. The highest BCUT2D eigenvalue weighted by Gasteiger charge is 2.39. The maximum Gasteiger partial charge on any atom is 0.243 e. The molecule has 1 amide bonds. The van der Waals surface area contributed by atoms with Crippen LogP contribution in [0, 0.1) is 0 Å². The third-order valence-corrected chi connectivity index (χ3v) is 7.99. The molecule has 1 N–H and O–H groups in total. The number of hydrogen-bond donors (Lipinski definition) is 1. The van der Waals surface area contributed by atoms with E-state index in [1.165, 1.54) is 4.31 Å². The Hall–Kier alpha value is -2.08. The first-order valence-corrected chi connectivity index (χ1v) is 12.9. The maximum atomic E-state index is 13.3. The number of carbonyl (C=O) groups is 1. The van der Waals surface area contributed by atoms with Crippen molar-refractivity contribution in [3.05, 3.63) is 18.2 Å². The van der Waals surface area contributed by atoms with Crippen LogP contribution in [0.25, 0.3) is 11.0 Å². The summed E-state index contributed by atoms with van der Waals surface area (Å²) in [5.74, 6) is -0.219. The Morgan fingerprint density at radius 1 is 1.22 bits per heavy atom. The number of aromatic nitrogens is 3. The Balaban J connectivity index is 1.39. The van der Waals surface area contributed by atoms with Crippen molar-refractivity contribution >= 4 is 27.0 Å². The summed E-state index contributed by atoms with van der Waals surface area (Å²) in [4.78, 5) is 15.3. The van der Waals surface area contributed by atoms with Crippen LogP contribution in [0.2, 0.25) is 0 Å². The third-order valence-electron chi connectivity index (χ3n) is 6.09. The molecule has 2 aliphatic heterocycles. The smallest absolute Gasteiger partial charge is 0.243 e. The second kappa shape index (κ2) is 10.2. The molecule has 1 unspecified atom stereocenters. The van der Waals surface area contributed by atoms with Gasteiger partial charge in [-0.15, -0.1) is 5.10 Å². The molecule has 4 rings (SSSR count). The molecule has 3 heterocycles. The number of morpholine rings is 1. The van der Waals surface area contributed by atoms with E-state index in [-0.39, 0.29) is 10.8 Å². The van der Waals surface area contributed by atoms with Crippen LogP contribution in [0.15, 0.2) is 23.1 Å². The number of nitrogens with one attached hydrogen (secondary N) is 1. The summed E-state index contributed by atoms with van der Waals surface area (Å²) in [5, 5.41) is 11.2. The molecule has 2 aromatic rings. The molecule has 0 aliphatic carbocycles. The van der Waals surface area contributed by atoms with Gasteiger partial charge in [-0.2, -0.15) is 4.31 Å². The highest BCUT2D eigenvalue weighted by Crippen LogP contribution is 2.28. The van der Waals surface area contributed by atoms with Gasteiger partial charge in [0.1, 0.15) is 11.6 Å². The lowest BCUT2D eigenvalue weighted by Gasteiger charge is -2.27. The van der Waals surface area contributed by atoms with Crippen LogP contribution < -0.4 is 5.32 Å². The van der Waals surface area contributed by atoms with Gasteiger partial charge in [-0.3, -0.25) is 9.69 Å². The summed E-state index contributed by atoms with van der Waals surface area (Å²) >= 11 is 0. The zero-order valence-corrected chi connectivity index (χ0v) is 19.4. The van der Waals surface area contributed by atoms with Gasteiger partial charge < -0.3 is 10.1 Å². The fourth-order valence-electron chi connectivity index (χ4n) is 4.37. The standard InChI is InChI=1S/C21H32N6O4S/c1-2-9-26-19-7-6-17(16-18(19)23-24-26)32(29,30)27-11-3-5-20(27)21(28)22-8-4-10-25-12-14-31-15-13-25/h6-7,16,20H,2-5,8-15H2,1H3,(H,22,28). The minimum atomic E-state index is -3.80. The zero-order valence-electron chi connectivity index (χ0n) is 18.6. The summed E-state index contributed by atoms with van der Waals surface area (Å²) in [6, 6.07) is 4.21. The number of ether oxygens (including phenoxy) is 1. The SMILES string of the molecule is CCCn1nnc2cc(S(=O)(=O)N3CCCC3C(=O)NCCCN3CCOCC3)ccc21. The van der Waals surface area contributed by atoms with Crippen molar-refractivity contribution in [2.45, 2.75) is 50.1 Å². The van der Waals surface area contributed by atoms with E-state index in [0.717, 1.165) is 57.8 Å². The summed E-state index contributed by atoms with van der Waals surface area (Å²) in [7, 11) is -3.80. The van der Waals surface area contributed by atoms with Crippen LogP contribution in [-0.2, 0) is 26.1 Å². The second-order valence-electron chi connectivity index (χ2n) is 8.34. The predicted octanol–water partition coefficient (Wildman–Crippen LogP) is 0.833. The van der Waals surface area contributed by atoms with Gasteiger partial charge in [0.05, 0.1) is 23.6 Å². The van der Waals surface area contributed by atoms with E-state index in [9.17, 15) is 13.2 Å². The van der Waals surface area contributed by atoms with E-state index < -0.39 is 16.1 Å². The molecule has 2 fully saturated rings. The molecule has 10 nitrogen and oxygen atoms in total. The summed E-state index contributed by atoms with van der Waals surface area (Å²) in [6.07, 6.45) is 2.94. The third kappa shape index (κ3) is 4.95. The average Bonchev–Trinajstić information content (AvgIpc) is 3.45. The van der Waals surface area contributed by atoms with Crippen LogP contribution in [0.5, 0.6) is 0 Å². The van der Waals surface area contributed by atoms with Crippen LogP contribution >= 0.6 is 0 Å². The van der Waals surface area contributed by atoms with Gasteiger partial charge in [-0.25, -0.2) is 13.1 Å². The number of nitrogens with zero attached hydrogens (tertiary/aromatic N) is 5. The van der Waals surface area contributed by atoms with Gasteiger partial charge in [0.15, 0.2) is 0 Å². The van der Waals surface area contributed by atoms with Crippen LogP contribution in [0.1, 0.15) is 32.6 Å². The zero-order chi connectivity index (χ0) is 22.6. The first-order chi connectivity index (χ1) is 15.5. The average molecular weight is 465 g/mol. The Morgan fingerprint density at radius 3 is 2.81 bits per heavy atom. The van der Waals surface area contributed by atoms with Crippen LogP contribution in [0.3, 0.4) is 0 Å². The molecule has 1 aromatic carbocycles. The van der Waals surface area contributed by atoms with Gasteiger partial charge in [0, 0.05) is 32.7 Å². The van der Waals surface area contributed by atoms with Crippen molar-refractivity contribution < 1.29 is 17.9 Å². The van der Waals surface area contributed by atoms with Crippen LogP contribution in [-0.4, -0.2) is 90.5 Å². The van der Waals surface area contributed by atoms with Gasteiger partial charge >= 0.3 is 0 Å². The highest BCUT2D eigenvalue weighted by molar-refractivity contribution is 7.89. The lowest BCUT2D eigenvalue weighted by Crippen LogP contribution is -2.46. The minimum Gasteiger partial charge on any atom is -0.379 e. The van der Waals surface area contributed by atoms with Gasteiger partial charge in [-0.05, 0) is 50.4 Å². The lowest BCUT2D eigenvalue weighted by atomic mass is 10.2. The van der Waals surface area contributed by atoms with Crippen molar-refractivity contribution in [3.8, 4) is 0 Å². The van der Waals surface area contributed by atoms with E-state index in [0.29, 0.717) is 31.4 Å². The molecule has 2 aliphatic rings. The summed E-state index contributed by atoms with van der Waals surface area (Å²) < 4.78 is 35.1. The molecule has 2 saturated heterocycles. The second-order valence-corrected chi connectivity index (χ2v) is 10.2. The molecular formula is C21H32N6O4S. The fourth-order valence-corrected chi connectivity index (χ4v) is 6.05. The Morgan fingerprint density at radius 2 is 2.03 bits per heavy atom. The van der Waals surface area contributed by atoms with E-state index in [4.69, 9.17) is 4.74 Å². The first-order valence-electron chi connectivity index (χ1n) is 11.4. The molecule has 1 aromatic heterocycles. The molecular weight excluding hydrogens is 432 g/mol. The number of sulfonamides is 1. The molecule has 0 spiro atoms. The van der Waals surface area contributed by atoms with Crippen molar-refractivity contribution in [2.75, 3.05) is 45.9 Å². The number of benzene rings is 1. The van der Waals surface area contributed by atoms with E-state index in [1.54, 1.807) is 22.9 Å². The number of rotatable bonds is 9. The lowest BCUT2D eigenvalue weighted by molar-refractivity contribution is -0.124. The topological polar surface area (TPSA) is 110 Å². The highest BCUT2D eigenvalue weighted by atomic mass is 32.2. The largest absolute Gasteiger partial charge is 0.379 e. The van der Waals surface area contributed by atoms with Crippen molar-refractivity contribution in [1.82, 2.24) is 29.5 Å². The molecule has 0 bridgehead atoms. The number of amides is 1. The molecule has 0 saturated carbocycles. The number of hydrogen-bond acceptors (Lipinski definition) is 7. The maximum absolute atomic E-state index is 13.3. The number of aryl methyl sites for hydroxylation is 1. The van der Waals surface area contributed by atoms with Gasteiger partial charge in [-0.1, -0.05) is 12.1 Å². The fraction of sp³-hybridized carbons (Fsp3) is 0.667. The van der Waals surface area contributed by atoms with Crippen molar-refractivity contribution in [2.24, 2.45) is 0 Å². The van der Waals surface area contributed by atoms with E-state index in [1.807, 2.05) is 6.92 Å². The molecule has 176 valence electrons. The molecule has 0 radical (unpaired) electrons. The monoisotopic (exact) mass is 464 g/mol. The Bertz CT molecular complexity index is 1030. The predicted molar refractivity (Wildman–Crippen MR) is 120 cm³/mol. The Kier molecular flexibility index (Phi) is 7.39.